The van der Waals surface area contributed by atoms with E-state index in [0.29, 0.717) is 11.4 Å². The van der Waals surface area contributed by atoms with Crippen molar-refractivity contribution in [2.24, 2.45) is 0 Å². The molecule has 0 spiro atoms. The van der Waals surface area contributed by atoms with Gasteiger partial charge in [-0.2, -0.15) is 0 Å². The molecule has 6 heteroatoms. The number of anilines is 1. The zero-order valence-electron chi connectivity index (χ0n) is 13.0. The normalized spacial score (nSPS) is 17.7. The zero-order chi connectivity index (χ0) is 16.7. The van der Waals surface area contributed by atoms with E-state index in [1.54, 1.807) is 43.8 Å². The van der Waals surface area contributed by atoms with Crippen LogP contribution in [0.1, 0.15) is 17.9 Å². The fourth-order valence-corrected chi connectivity index (χ4v) is 3.14. The first-order valence-electron chi connectivity index (χ1n) is 7.62. The molecule has 1 saturated heterocycles. The third kappa shape index (κ3) is 2.15. The largest absolute Gasteiger partial charge is 0.497 e. The molecule has 120 valence electrons. The van der Waals surface area contributed by atoms with E-state index in [2.05, 4.69) is 9.97 Å². The molecule has 1 aromatic carbocycles. The number of carbonyl (C=O) groups is 2. The number of fused-ring (bicyclic) bond motifs is 1. The Morgan fingerprint density at radius 3 is 2.75 bits per heavy atom. The third-order valence-corrected chi connectivity index (χ3v) is 4.34. The number of pyridine rings is 1. The number of amides is 2. The Bertz CT molecular complexity index is 930. The van der Waals surface area contributed by atoms with E-state index in [1.807, 2.05) is 12.1 Å². The molecule has 4 rings (SSSR count). The molecule has 24 heavy (non-hydrogen) atoms. The first kappa shape index (κ1) is 14.4. The summed E-state index contributed by atoms with van der Waals surface area (Å²) in [6, 6.07) is 10.6. The van der Waals surface area contributed by atoms with Crippen LogP contribution in [-0.2, 0) is 9.59 Å². The number of hydrogen-bond donors (Lipinski definition) is 1. The van der Waals surface area contributed by atoms with Crippen LogP contribution in [-0.4, -0.2) is 28.9 Å². The molecule has 2 amide bonds. The Labute approximate surface area is 138 Å². The van der Waals surface area contributed by atoms with E-state index >= 15 is 0 Å². The van der Waals surface area contributed by atoms with Crippen molar-refractivity contribution >= 4 is 28.5 Å². The molecule has 1 atom stereocenters. The van der Waals surface area contributed by atoms with Gasteiger partial charge in [-0.25, -0.2) is 4.98 Å². The van der Waals surface area contributed by atoms with Gasteiger partial charge in [0.15, 0.2) is 0 Å². The van der Waals surface area contributed by atoms with Crippen molar-refractivity contribution in [3.8, 4) is 5.75 Å². The van der Waals surface area contributed by atoms with Crippen LogP contribution in [0, 0.1) is 0 Å². The van der Waals surface area contributed by atoms with Crippen molar-refractivity contribution in [2.45, 2.75) is 12.3 Å². The van der Waals surface area contributed by atoms with E-state index < -0.39 is 5.92 Å². The van der Waals surface area contributed by atoms with Gasteiger partial charge in [0, 0.05) is 24.2 Å². The molecule has 0 saturated carbocycles. The number of hydrogen-bond acceptors (Lipinski definition) is 4. The summed E-state index contributed by atoms with van der Waals surface area (Å²) >= 11 is 0. The number of aromatic nitrogens is 2. The lowest BCUT2D eigenvalue weighted by atomic mass is 9.98. The van der Waals surface area contributed by atoms with Gasteiger partial charge in [0.25, 0.3) is 0 Å². The number of ether oxygens (including phenoxy) is 1. The maximum atomic E-state index is 12.9. The molecular weight excluding hydrogens is 306 g/mol. The van der Waals surface area contributed by atoms with E-state index in [4.69, 9.17) is 4.74 Å². The van der Waals surface area contributed by atoms with Crippen molar-refractivity contribution in [3.05, 3.63) is 54.4 Å². The van der Waals surface area contributed by atoms with Crippen LogP contribution in [0.2, 0.25) is 0 Å². The second-order valence-electron chi connectivity index (χ2n) is 5.67. The van der Waals surface area contributed by atoms with Crippen LogP contribution in [0.15, 0.2) is 48.8 Å². The lowest BCUT2D eigenvalue weighted by molar-refractivity contribution is -0.121. The molecule has 6 nitrogen and oxygen atoms in total. The molecule has 1 aliphatic heterocycles. The quantitative estimate of drug-likeness (QED) is 0.753. The monoisotopic (exact) mass is 321 g/mol. The summed E-state index contributed by atoms with van der Waals surface area (Å²) < 4.78 is 5.11. The molecular formula is C18H15N3O3. The molecule has 1 aliphatic rings. The van der Waals surface area contributed by atoms with Gasteiger partial charge in [0.1, 0.15) is 11.4 Å². The Hall–Kier alpha value is -3.15. The van der Waals surface area contributed by atoms with Crippen LogP contribution in [0.25, 0.3) is 11.0 Å². The summed E-state index contributed by atoms with van der Waals surface area (Å²) in [4.78, 5) is 33.8. The molecule has 1 N–H and O–H groups in total. The minimum atomic E-state index is -0.488. The maximum Gasteiger partial charge on any atom is 0.241 e. The zero-order valence-corrected chi connectivity index (χ0v) is 13.0. The van der Waals surface area contributed by atoms with Gasteiger partial charge < -0.3 is 9.72 Å². The van der Waals surface area contributed by atoms with E-state index in [0.717, 1.165) is 16.6 Å². The smallest absolute Gasteiger partial charge is 0.241 e. The minimum absolute atomic E-state index is 0.159. The third-order valence-electron chi connectivity index (χ3n) is 4.34. The highest BCUT2D eigenvalue weighted by Crippen LogP contribution is 2.36. The van der Waals surface area contributed by atoms with E-state index in [1.165, 1.54) is 4.90 Å². The molecule has 2 aromatic heterocycles. The topological polar surface area (TPSA) is 75.3 Å². The molecule has 3 heterocycles. The van der Waals surface area contributed by atoms with Gasteiger partial charge in [0.05, 0.1) is 18.7 Å². The second-order valence-corrected chi connectivity index (χ2v) is 5.67. The highest BCUT2D eigenvalue weighted by molar-refractivity contribution is 6.23. The maximum absolute atomic E-state index is 12.9. The fourth-order valence-electron chi connectivity index (χ4n) is 3.14. The van der Waals surface area contributed by atoms with Crippen molar-refractivity contribution in [1.29, 1.82) is 0 Å². The summed E-state index contributed by atoms with van der Waals surface area (Å²) in [7, 11) is 1.57. The number of carbonyl (C=O) groups excluding carboxylic acids is 2. The Balaban J connectivity index is 1.70. The summed E-state index contributed by atoms with van der Waals surface area (Å²) in [5.41, 5.74) is 2.09. The lowest BCUT2D eigenvalue weighted by Crippen LogP contribution is -2.29. The number of benzene rings is 1. The second kappa shape index (κ2) is 5.49. The summed E-state index contributed by atoms with van der Waals surface area (Å²) in [6.45, 7) is 0. The van der Waals surface area contributed by atoms with E-state index in [-0.39, 0.29) is 18.2 Å². The van der Waals surface area contributed by atoms with E-state index in [9.17, 15) is 9.59 Å². The summed E-state index contributed by atoms with van der Waals surface area (Å²) in [5.74, 6) is -0.224. The van der Waals surface area contributed by atoms with Gasteiger partial charge in [0.2, 0.25) is 11.8 Å². The van der Waals surface area contributed by atoms with Crippen LogP contribution >= 0.6 is 0 Å². The van der Waals surface area contributed by atoms with Crippen molar-refractivity contribution in [2.75, 3.05) is 12.0 Å². The van der Waals surface area contributed by atoms with Gasteiger partial charge in [-0.15, -0.1) is 0 Å². The predicted octanol–water partition coefficient (Wildman–Crippen LogP) is 2.62. The van der Waals surface area contributed by atoms with Crippen molar-refractivity contribution in [1.82, 2.24) is 9.97 Å². The van der Waals surface area contributed by atoms with Crippen LogP contribution in [0.3, 0.4) is 0 Å². The Morgan fingerprint density at radius 2 is 2.00 bits per heavy atom. The molecule has 0 bridgehead atoms. The fraction of sp³-hybridized carbons (Fsp3) is 0.167. The van der Waals surface area contributed by atoms with Crippen molar-refractivity contribution < 1.29 is 14.3 Å². The van der Waals surface area contributed by atoms with Crippen LogP contribution in [0.5, 0.6) is 5.75 Å². The lowest BCUT2D eigenvalue weighted by Gasteiger charge is -2.15. The Kier molecular flexibility index (Phi) is 3.30. The van der Waals surface area contributed by atoms with Gasteiger partial charge in [-0.1, -0.05) is 0 Å². The number of methoxy groups -OCH3 is 1. The molecule has 1 fully saturated rings. The molecule has 3 aromatic rings. The number of imide groups is 1. The SMILES string of the molecule is COc1ccc(N2C(=O)CC(c3c[nH]c4ncccc34)C2=O)cc1. The average Bonchev–Trinajstić information content (AvgIpc) is 3.16. The highest BCUT2D eigenvalue weighted by Gasteiger charge is 2.41. The van der Waals surface area contributed by atoms with Crippen LogP contribution in [0.4, 0.5) is 5.69 Å². The molecule has 1 unspecified atom stereocenters. The predicted molar refractivity (Wildman–Crippen MR) is 88.9 cm³/mol. The standard InChI is InChI=1S/C18H15N3O3/c1-24-12-6-4-11(5-7-12)21-16(22)9-14(18(21)23)15-10-20-17-13(15)3-2-8-19-17/h2-8,10,14H,9H2,1H3,(H,19,20). The minimum Gasteiger partial charge on any atom is -0.497 e. The van der Waals surface area contributed by atoms with Gasteiger partial charge >= 0.3 is 0 Å². The van der Waals surface area contributed by atoms with Crippen molar-refractivity contribution in [3.63, 3.8) is 0 Å². The number of H-pyrrole nitrogens is 1. The summed E-state index contributed by atoms with van der Waals surface area (Å²) in [6.07, 6.45) is 3.62. The number of nitrogens with one attached hydrogen (secondary N) is 1. The Morgan fingerprint density at radius 1 is 1.21 bits per heavy atom. The average molecular weight is 321 g/mol. The number of rotatable bonds is 3. The summed E-state index contributed by atoms with van der Waals surface area (Å²) in [5, 5.41) is 0.875. The molecule has 0 radical (unpaired) electrons. The van der Waals surface area contributed by atoms with Gasteiger partial charge in [-0.3, -0.25) is 14.5 Å². The molecule has 0 aliphatic carbocycles. The first-order valence-corrected chi connectivity index (χ1v) is 7.62. The first-order chi connectivity index (χ1) is 11.7. The number of nitrogens with zero attached hydrogens (tertiary/aromatic N) is 2. The number of aromatic amines is 1. The van der Waals surface area contributed by atoms with Crippen LogP contribution < -0.4 is 9.64 Å². The highest BCUT2D eigenvalue weighted by atomic mass is 16.5. The van der Waals surface area contributed by atoms with Gasteiger partial charge in [-0.05, 0) is 42.0 Å².